The predicted octanol–water partition coefficient (Wildman–Crippen LogP) is 2.52. The van der Waals surface area contributed by atoms with E-state index in [0.29, 0.717) is 16.9 Å². The zero-order valence-electron chi connectivity index (χ0n) is 8.37. The van der Waals surface area contributed by atoms with Crippen LogP contribution in [-0.4, -0.2) is 17.2 Å². The highest BCUT2D eigenvalue weighted by Crippen LogP contribution is 2.07. The summed E-state index contributed by atoms with van der Waals surface area (Å²) in [6.07, 6.45) is 0.325. The average molecular weight is 234 g/mol. The molecule has 0 radical (unpaired) electrons. The van der Waals surface area contributed by atoms with Crippen molar-refractivity contribution in [1.29, 1.82) is 0 Å². The lowest BCUT2D eigenvalue weighted by Gasteiger charge is -1.82. The lowest BCUT2D eigenvalue weighted by Crippen LogP contribution is -1.94. The number of carbonyl (C=O) groups excluding carboxylic acids is 2. The molecule has 1 N–H and O–H groups in total. The van der Waals surface area contributed by atoms with Crippen molar-refractivity contribution in [3.8, 4) is 5.75 Å². The van der Waals surface area contributed by atoms with Gasteiger partial charge >= 0.3 is 0 Å². The Morgan fingerprint density at radius 2 is 1.81 bits per heavy atom. The molecular formula is C12H10O3S. The minimum Gasteiger partial charge on any atom is -0.508 e. The smallest absolute Gasteiger partial charge is 0.235 e. The van der Waals surface area contributed by atoms with Crippen molar-refractivity contribution in [3.63, 3.8) is 0 Å². The number of ketones is 1. The van der Waals surface area contributed by atoms with E-state index in [9.17, 15) is 9.59 Å². The van der Waals surface area contributed by atoms with E-state index >= 15 is 0 Å². The summed E-state index contributed by atoms with van der Waals surface area (Å²) in [7, 11) is 0. The van der Waals surface area contributed by atoms with Gasteiger partial charge in [-0.15, -0.1) is 11.3 Å². The van der Waals surface area contributed by atoms with E-state index < -0.39 is 5.78 Å². The van der Waals surface area contributed by atoms with E-state index in [1.807, 2.05) is 6.07 Å². The minimum atomic E-state index is -0.440. The summed E-state index contributed by atoms with van der Waals surface area (Å²) >= 11 is 1.27. The number of hydrogen-bond donors (Lipinski definition) is 1. The van der Waals surface area contributed by atoms with E-state index in [4.69, 9.17) is 5.11 Å². The van der Waals surface area contributed by atoms with Gasteiger partial charge in [-0.1, -0.05) is 24.3 Å². The van der Waals surface area contributed by atoms with Crippen molar-refractivity contribution in [1.82, 2.24) is 0 Å². The maximum Gasteiger partial charge on any atom is 0.235 e. The molecule has 4 heteroatoms. The van der Waals surface area contributed by atoms with Crippen LogP contribution >= 0.6 is 11.3 Å². The molecule has 3 nitrogen and oxygen atoms in total. The fraction of sp³-hybridized carbons (Fsp3) is 0. The summed E-state index contributed by atoms with van der Waals surface area (Å²) < 4.78 is 0. The van der Waals surface area contributed by atoms with Crippen molar-refractivity contribution >= 4 is 23.4 Å². The SMILES string of the molecule is O=CC(=O)c1cccs1.Oc1ccccc1. The molecule has 1 aromatic carbocycles. The van der Waals surface area contributed by atoms with E-state index in [0.717, 1.165) is 0 Å². The van der Waals surface area contributed by atoms with Gasteiger partial charge in [0.05, 0.1) is 4.88 Å². The third-order valence-electron chi connectivity index (χ3n) is 1.63. The molecule has 0 aliphatic heterocycles. The summed E-state index contributed by atoms with van der Waals surface area (Å²) in [5.41, 5.74) is 0. The molecule has 0 saturated heterocycles. The topological polar surface area (TPSA) is 54.4 Å². The molecule has 0 aliphatic carbocycles. The largest absolute Gasteiger partial charge is 0.508 e. The molecular weight excluding hydrogens is 224 g/mol. The molecule has 0 unspecified atom stereocenters. The van der Waals surface area contributed by atoms with Gasteiger partial charge in [-0.2, -0.15) is 0 Å². The average Bonchev–Trinajstić information content (AvgIpc) is 2.83. The normalized spacial score (nSPS) is 8.75. The first kappa shape index (κ1) is 12.1. The van der Waals surface area contributed by atoms with Crippen LogP contribution in [0.4, 0.5) is 0 Å². The molecule has 1 heterocycles. The van der Waals surface area contributed by atoms with Gasteiger partial charge < -0.3 is 5.11 Å². The molecule has 0 spiro atoms. The Bertz CT molecular complexity index is 435. The monoisotopic (exact) mass is 234 g/mol. The number of hydrogen-bond acceptors (Lipinski definition) is 4. The second-order valence-corrected chi connectivity index (χ2v) is 3.74. The Hall–Kier alpha value is -1.94. The van der Waals surface area contributed by atoms with Gasteiger partial charge in [0.2, 0.25) is 5.78 Å². The molecule has 0 aliphatic rings. The number of aromatic hydroxyl groups is 1. The molecule has 0 fully saturated rings. The van der Waals surface area contributed by atoms with Gasteiger partial charge in [0, 0.05) is 0 Å². The highest BCUT2D eigenvalue weighted by atomic mass is 32.1. The maximum atomic E-state index is 10.5. The number of phenols is 1. The Kier molecular flexibility index (Phi) is 4.95. The molecule has 2 rings (SSSR count). The minimum absolute atomic E-state index is 0.322. The van der Waals surface area contributed by atoms with Crippen molar-refractivity contribution in [2.45, 2.75) is 0 Å². The summed E-state index contributed by atoms with van der Waals surface area (Å²) in [5, 5.41) is 10.4. The van der Waals surface area contributed by atoms with E-state index in [2.05, 4.69) is 0 Å². The van der Waals surface area contributed by atoms with Crippen LogP contribution in [0.25, 0.3) is 0 Å². The third-order valence-corrected chi connectivity index (χ3v) is 2.51. The van der Waals surface area contributed by atoms with Gasteiger partial charge in [0.25, 0.3) is 0 Å². The second kappa shape index (κ2) is 6.53. The molecule has 0 bridgehead atoms. The Morgan fingerprint density at radius 1 is 1.12 bits per heavy atom. The van der Waals surface area contributed by atoms with Crippen LogP contribution in [0.1, 0.15) is 9.67 Å². The lowest BCUT2D eigenvalue weighted by atomic mass is 10.3. The van der Waals surface area contributed by atoms with Crippen LogP contribution in [0.15, 0.2) is 47.8 Å². The Labute approximate surface area is 97.0 Å². The zero-order valence-corrected chi connectivity index (χ0v) is 9.18. The number of para-hydroxylation sites is 1. The first-order valence-corrected chi connectivity index (χ1v) is 5.39. The van der Waals surface area contributed by atoms with Gasteiger partial charge in [0.1, 0.15) is 5.75 Å². The number of Topliss-reactive ketones (excluding diaryl/α,β-unsaturated/α-hetero) is 1. The highest BCUT2D eigenvalue weighted by Gasteiger charge is 2.01. The Balaban J connectivity index is 0.000000165. The molecule has 16 heavy (non-hydrogen) atoms. The fourth-order valence-electron chi connectivity index (χ4n) is 0.905. The van der Waals surface area contributed by atoms with Crippen molar-refractivity contribution < 1.29 is 14.7 Å². The number of carbonyl (C=O) groups is 2. The first-order valence-electron chi connectivity index (χ1n) is 4.51. The highest BCUT2D eigenvalue weighted by molar-refractivity contribution is 7.12. The first-order chi connectivity index (χ1) is 7.74. The van der Waals surface area contributed by atoms with Crippen molar-refractivity contribution in [2.24, 2.45) is 0 Å². The van der Waals surface area contributed by atoms with E-state index in [1.54, 1.807) is 41.8 Å². The van der Waals surface area contributed by atoms with Crippen molar-refractivity contribution in [3.05, 3.63) is 52.7 Å². The van der Waals surface area contributed by atoms with Crippen LogP contribution in [-0.2, 0) is 4.79 Å². The number of aldehydes is 1. The van der Waals surface area contributed by atoms with Gasteiger partial charge in [-0.25, -0.2) is 0 Å². The molecule has 1 aromatic heterocycles. The number of phenolic OH excluding ortho intramolecular Hbond substituents is 1. The molecule has 0 atom stereocenters. The molecule has 2 aromatic rings. The predicted molar refractivity (Wildman–Crippen MR) is 62.8 cm³/mol. The second-order valence-electron chi connectivity index (χ2n) is 2.79. The standard InChI is InChI=1S/C6H4O2S.C6H6O/c7-4-5(8)6-2-1-3-9-6;7-6-4-2-1-3-5-6/h1-4H;1-5,7H. The number of benzene rings is 1. The quantitative estimate of drug-likeness (QED) is 0.493. The zero-order chi connectivity index (χ0) is 11.8. The van der Waals surface area contributed by atoms with Crippen LogP contribution in [0.2, 0.25) is 0 Å². The van der Waals surface area contributed by atoms with Crippen LogP contribution in [0.3, 0.4) is 0 Å². The Morgan fingerprint density at radius 3 is 2.19 bits per heavy atom. The number of rotatable bonds is 2. The molecule has 0 amide bonds. The van der Waals surface area contributed by atoms with Gasteiger partial charge in [-0.05, 0) is 23.6 Å². The van der Waals surface area contributed by atoms with Gasteiger partial charge in [0.15, 0.2) is 6.29 Å². The van der Waals surface area contributed by atoms with Crippen LogP contribution in [0.5, 0.6) is 5.75 Å². The van der Waals surface area contributed by atoms with E-state index in [-0.39, 0.29) is 0 Å². The van der Waals surface area contributed by atoms with E-state index in [1.165, 1.54) is 11.3 Å². The summed E-state index contributed by atoms with van der Waals surface area (Å²) in [6.45, 7) is 0. The third kappa shape index (κ3) is 4.06. The van der Waals surface area contributed by atoms with Gasteiger partial charge in [-0.3, -0.25) is 9.59 Å². The summed E-state index contributed by atoms with van der Waals surface area (Å²) in [4.78, 5) is 20.9. The number of thiophene rings is 1. The summed E-state index contributed by atoms with van der Waals surface area (Å²) in [6, 6.07) is 12.1. The molecule has 82 valence electrons. The summed E-state index contributed by atoms with van der Waals surface area (Å²) in [5.74, 6) is -0.118. The van der Waals surface area contributed by atoms with Crippen molar-refractivity contribution in [2.75, 3.05) is 0 Å². The van der Waals surface area contributed by atoms with Crippen LogP contribution < -0.4 is 0 Å². The fourth-order valence-corrected chi connectivity index (χ4v) is 1.53. The lowest BCUT2D eigenvalue weighted by molar-refractivity contribution is -0.104. The van der Waals surface area contributed by atoms with Crippen LogP contribution in [0, 0.1) is 0 Å². The maximum absolute atomic E-state index is 10.5. The molecule has 0 saturated carbocycles.